The van der Waals surface area contributed by atoms with Gasteiger partial charge < -0.3 is 4.74 Å². The van der Waals surface area contributed by atoms with E-state index in [0.717, 1.165) is 0 Å². The van der Waals surface area contributed by atoms with Crippen LogP contribution in [0.4, 0.5) is 0 Å². The van der Waals surface area contributed by atoms with Gasteiger partial charge in [-0.1, -0.05) is 49.4 Å². The Bertz CT molecular complexity index is 569. The first kappa shape index (κ1) is 14.3. The van der Waals surface area contributed by atoms with Crippen molar-refractivity contribution < 1.29 is 14.3 Å². The van der Waals surface area contributed by atoms with Crippen molar-refractivity contribution in [2.45, 2.75) is 32.3 Å². The Balaban J connectivity index is 2.16. The molecule has 20 heavy (non-hydrogen) atoms. The maximum atomic E-state index is 12.3. The van der Waals surface area contributed by atoms with Crippen LogP contribution in [0, 0.1) is 0 Å². The van der Waals surface area contributed by atoms with Crippen LogP contribution < -0.4 is 0 Å². The quantitative estimate of drug-likeness (QED) is 0.621. The minimum atomic E-state index is -0.605. The van der Waals surface area contributed by atoms with E-state index in [-0.39, 0.29) is 11.8 Å². The maximum Gasteiger partial charge on any atom is 0.303 e. The van der Waals surface area contributed by atoms with E-state index in [0.29, 0.717) is 24.0 Å². The number of hydrogen-bond acceptors (Lipinski definition) is 3. The minimum absolute atomic E-state index is 0.00521. The van der Waals surface area contributed by atoms with E-state index in [1.807, 2.05) is 37.3 Å². The Morgan fingerprint density at radius 1 is 1.25 bits per heavy atom. The van der Waals surface area contributed by atoms with Crippen LogP contribution in [0.15, 0.2) is 54.1 Å². The van der Waals surface area contributed by atoms with Crippen molar-refractivity contribution in [3.8, 4) is 0 Å². The molecule has 104 valence electrons. The molecule has 0 aliphatic heterocycles. The summed E-state index contributed by atoms with van der Waals surface area (Å²) >= 11 is 0. The van der Waals surface area contributed by atoms with Crippen LogP contribution in [0.3, 0.4) is 0 Å². The van der Waals surface area contributed by atoms with Crippen molar-refractivity contribution in [1.82, 2.24) is 0 Å². The smallest absolute Gasteiger partial charge is 0.303 e. The van der Waals surface area contributed by atoms with Crippen LogP contribution >= 0.6 is 0 Å². The molecule has 3 heteroatoms. The lowest BCUT2D eigenvalue weighted by Crippen LogP contribution is -2.32. The van der Waals surface area contributed by atoms with Crippen LogP contribution in [0.5, 0.6) is 0 Å². The van der Waals surface area contributed by atoms with Crippen molar-refractivity contribution in [1.29, 1.82) is 0 Å². The number of Topliss-reactive ketones (excluding diaryl/α,β-unsaturated/α-hetero) is 1. The third kappa shape index (κ3) is 3.05. The number of ketones is 1. The van der Waals surface area contributed by atoms with Gasteiger partial charge in [0.2, 0.25) is 0 Å². The van der Waals surface area contributed by atoms with Gasteiger partial charge in [-0.2, -0.15) is 0 Å². The number of ether oxygens (including phenoxy) is 1. The molecule has 0 saturated heterocycles. The van der Waals surface area contributed by atoms with Gasteiger partial charge in [-0.25, -0.2) is 0 Å². The first-order valence-electron chi connectivity index (χ1n) is 6.75. The average molecular weight is 270 g/mol. The molecule has 1 aliphatic carbocycles. The molecule has 0 spiro atoms. The molecular formula is C17H18O3. The Labute approximate surface area is 118 Å². The second-order valence-electron chi connectivity index (χ2n) is 4.90. The molecule has 0 heterocycles. The molecule has 0 aromatic heterocycles. The number of esters is 1. The van der Waals surface area contributed by atoms with Gasteiger partial charge in [0.05, 0.1) is 0 Å². The van der Waals surface area contributed by atoms with Gasteiger partial charge in [0.1, 0.15) is 5.60 Å². The first-order valence-corrected chi connectivity index (χ1v) is 6.75. The summed E-state index contributed by atoms with van der Waals surface area (Å²) in [4.78, 5) is 23.5. The van der Waals surface area contributed by atoms with Crippen molar-refractivity contribution in [3.63, 3.8) is 0 Å². The van der Waals surface area contributed by atoms with Crippen LogP contribution in [-0.4, -0.2) is 17.4 Å². The highest BCUT2D eigenvalue weighted by molar-refractivity contribution is 6.10. The predicted octanol–water partition coefficient (Wildman–Crippen LogP) is 3.47. The zero-order chi connectivity index (χ0) is 14.6. The monoisotopic (exact) mass is 270 g/mol. The molecule has 0 fully saturated rings. The van der Waals surface area contributed by atoms with E-state index < -0.39 is 5.60 Å². The van der Waals surface area contributed by atoms with Gasteiger partial charge in [-0.3, -0.25) is 9.59 Å². The number of allylic oxidation sites excluding steroid dienone is 2. The predicted molar refractivity (Wildman–Crippen MR) is 77.4 cm³/mol. The zero-order valence-electron chi connectivity index (χ0n) is 11.8. The van der Waals surface area contributed by atoms with E-state index in [1.165, 1.54) is 6.92 Å². The van der Waals surface area contributed by atoms with Gasteiger partial charge >= 0.3 is 5.97 Å². The summed E-state index contributed by atoms with van der Waals surface area (Å²) in [5.74, 6) is -0.308. The Kier molecular flexibility index (Phi) is 4.18. The Hall–Kier alpha value is -2.16. The number of carbonyl (C=O) groups is 2. The summed E-state index contributed by atoms with van der Waals surface area (Å²) < 4.78 is 5.38. The fourth-order valence-electron chi connectivity index (χ4n) is 2.28. The van der Waals surface area contributed by atoms with Crippen LogP contribution in [0.2, 0.25) is 0 Å². The van der Waals surface area contributed by atoms with Crippen molar-refractivity contribution in [3.05, 3.63) is 59.7 Å². The second-order valence-corrected chi connectivity index (χ2v) is 4.90. The van der Waals surface area contributed by atoms with Crippen LogP contribution in [0.1, 0.15) is 37.0 Å². The standard InChI is InChI=1S/C17H18O3/c1-3-17(20-13(2)18)11-9-15(10-12-17)16(19)14-7-5-4-6-8-14/h4-11H,3,12H2,1-2H3. The third-order valence-electron chi connectivity index (χ3n) is 3.48. The summed E-state index contributed by atoms with van der Waals surface area (Å²) in [7, 11) is 0. The highest BCUT2D eigenvalue weighted by Gasteiger charge is 2.30. The highest BCUT2D eigenvalue weighted by atomic mass is 16.6. The lowest BCUT2D eigenvalue weighted by molar-refractivity contribution is -0.152. The Morgan fingerprint density at radius 3 is 2.45 bits per heavy atom. The van der Waals surface area contributed by atoms with Crippen molar-refractivity contribution in [2.24, 2.45) is 0 Å². The largest absolute Gasteiger partial charge is 0.455 e. The van der Waals surface area contributed by atoms with Gasteiger partial charge in [-0.15, -0.1) is 0 Å². The normalized spacial score (nSPS) is 21.2. The average Bonchev–Trinajstić information content (AvgIpc) is 2.47. The molecule has 0 saturated carbocycles. The molecule has 0 radical (unpaired) electrons. The highest BCUT2D eigenvalue weighted by Crippen LogP contribution is 2.29. The molecule has 1 unspecified atom stereocenters. The minimum Gasteiger partial charge on any atom is -0.455 e. The zero-order valence-corrected chi connectivity index (χ0v) is 11.8. The Morgan fingerprint density at radius 2 is 1.95 bits per heavy atom. The topological polar surface area (TPSA) is 43.4 Å². The van der Waals surface area contributed by atoms with Gasteiger partial charge in [0, 0.05) is 24.5 Å². The maximum absolute atomic E-state index is 12.3. The fraction of sp³-hybridized carbons (Fsp3) is 0.294. The number of rotatable bonds is 4. The summed E-state index contributed by atoms with van der Waals surface area (Å²) in [5, 5.41) is 0. The molecule has 2 rings (SSSR count). The molecule has 3 nitrogen and oxygen atoms in total. The van der Waals surface area contributed by atoms with Gasteiger partial charge in [0.25, 0.3) is 0 Å². The van der Waals surface area contributed by atoms with E-state index in [9.17, 15) is 9.59 Å². The van der Waals surface area contributed by atoms with E-state index in [4.69, 9.17) is 4.74 Å². The summed E-state index contributed by atoms with van der Waals surface area (Å²) in [6.45, 7) is 3.37. The summed E-state index contributed by atoms with van der Waals surface area (Å²) in [5.41, 5.74) is 0.707. The van der Waals surface area contributed by atoms with Crippen LogP contribution in [0.25, 0.3) is 0 Å². The lowest BCUT2D eigenvalue weighted by Gasteiger charge is -2.30. The van der Waals surface area contributed by atoms with Gasteiger partial charge in [-0.05, 0) is 12.5 Å². The molecule has 1 aromatic rings. The van der Waals surface area contributed by atoms with Crippen molar-refractivity contribution in [2.75, 3.05) is 0 Å². The SMILES string of the molecule is CCC1(OC(C)=O)C=CC(C(=O)c2ccccc2)=CC1. The molecule has 0 amide bonds. The number of benzene rings is 1. The second kappa shape index (κ2) is 5.87. The molecule has 1 aliphatic rings. The molecule has 0 bridgehead atoms. The number of hydrogen-bond donors (Lipinski definition) is 0. The van der Waals surface area contributed by atoms with Gasteiger partial charge in [0.15, 0.2) is 5.78 Å². The van der Waals surface area contributed by atoms with Crippen molar-refractivity contribution >= 4 is 11.8 Å². The molecule has 0 N–H and O–H groups in total. The third-order valence-corrected chi connectivity index (χ3v) is 3.48. The number of carbonyl (C=O) groups excluding carboxylic acids is 2. The lowest BCUT2D eigenvalue weighted by atomic mass is 9.87. The van der Waals surface area contributed by atoms with E-state index >= 15 is 0 Å². The summed E-state index contributed by atoms with van der Waals surface area (Å²) in [6, 6.07) is 9.16. The van der Waals surface area contributed by atoms with Crippen LogP contribution in [-0.2, 0) is 9.53 Å². The summed E-state index contributed by atoms with van der Waals surface area (Å²) in [6.07, 6.45) is 6.65. The fourth-order valence-corrected chi connectivity index (χ4v) is 2.28. The molecule has 1 aromatic carbocycles. The van der Waals surface area contributed by atoms with E-state index in [1.54, 1.807) is 18.2 Å². The van der Waals surface area contributed by atoms with E-state index in [2.05, 4.69) is 0 Å². The first-order chi connectivity index (χ1) is 9.56. The molecular weight excluding hydrogens is 252 g/mol. The molecule has 1 atom stereocenters.